The van der Waals surface area contributed by atoms with Crippen LogP contribution in [-0.4, -0.2) is 41.4 Å². The molecule has 3 nitrogen and oxygen atoms in total. The zero-order valence-electron chi connectivity index (χ0n) is 11.0. The van der Waals surface area contributed by atoms with Gasteiger partial charge in [-0.05, 0) is 41.4 Å². The molecule has 1 amide bonds. The van der Waals surface area contributed by atoms with Crippen molar-refractivity contribution in [2.75, 3.05) is 18.5 Å². The first-order valence-electron chi connectivity index (χ1n) is 6.28. The highest BCUT2D eigenvalue weighted by Gasteiger charge is 2.30. The highest BCUT2D eigenvalue weighted by Crippen LogP contribution is 2.24. The van der Waals surface area contributed by atoms with Gasteiger partial charge in [0.25, 0.3) is 5.91 Å². The molecule has 1 aromatic rings. The maximum absolute atomic E-state index is 12.7. The fourth-order valence-electron chi connectivity index (χ4n) is 2.16. The quantitative estimate of drug-likeness (QED) is 0.724. The summed E-state index contributed by atoms with van der Waals surface area (Å²) in [6, 6.07) is 5.88. The molecule has 2 atom stereocenters. The van der Waals surface area contributed by atoms with E-state index in [1.54, 1.807) is 0 Å². The number of halogens is 2. The fraction of sp³-hybridized carbons (Fsp3) is 0.500. The van der Waals surface area contributed by atoms with Crippen LogP contribution in [-0.2, 0) is 4.74 Å². The highest BCUT2D eigenvalue weighted by molar-refractivity contribution is 9.10. The van der Waals surface area contributed by atoms with Crippen molar-refractivity contribution in [3.8, 4) is 0 Å². The number of morpholine rings is 1. The molecule has 5 heteroatoms. The second kappa shape index (κ2) is 6.37. The van der Waals surface area contributed by atoms with Gasteiger partial charge in [0, 0.05) is 16.3 Å². The van der Waals surface area contributed by atoms with E-state index in [-0.39, 0.29) is 18.1 Å². The maximum Gasteiger partial charge on any atom is 0.255 e. The molecule has 1 aliphatic rings. The van der Waals surface area contributed by atoms with E-state index in [4.69, 9.17) is 4.74 Å². The SMILES string of the molecule is Cc1cccc(C(=O)N2CC(CBr)OCC2C)c1Br. The number of alkyl halides is 1. The Balaban J connectivity index is 2.24. The fourth-order valence-corrected chi connectivity index (χ4v) is 2.99. The van der Waals surface area contributed by atoms with Crippen LogP contribution in [0, 0.1) is 6.92 Å². The number of hydrogen-bond acceptors (Lipinski definition) is 2. The number of aryl methyl sites for hydroxylation is 1. The Labute approximate surface area is 130 Å². The standard InChI is InChI=1S/C14H17Br2NO2/c1-9-4-3-5-12(13(9)16)14(18)17-7-11(6-15)19-8-10(17)2/h3-5,10-11H,6-8H2,1-2H3. The molecule has 0 spiro atoms. The number of hydrogen-bond donors (Lipinski definition) is 0. The van der Waals surface area contributed by atoms with Crippen molar-refractivity contribution in [3.63, 3.8) is 0 Å². The van der Waals surface area contributed by atoms with Crippen LogP contribution in [0.3, 0.4) is 0 Å². The van der Waals surface area contributed by atoms with E-state index in [2.05, 4.69) is 31.9 Å². The predicted octanol–water partition coefficient (Wildman–Crippen LogP) is 3.38. The van der Waals surface area contributed by atoms with E-state index in [0.29, 0.717) is 13.2 Å². The lowest BCUT2D eigenvalue weighted by Gasteiger charge is -2.37. The monoisotopic (exact) mass is 389 g/mol. The summed E-state index contributed by atoms with van der Waals surface area (Å²) in [4.78, 5) is 14.6. The van der Waals surface area contributed by atoms with Crippen molar-refractivity contribution in [2.24, 2.45) is 0 Å². The third-order valence-electron chi connectivity index (χ3n) is 3.36. The summed E-state index contributed by atoms with van der Waals surface area (Å²) < 4.78 is 6.54. The van der Waals surface area contributed by atoms with Gasteiger partial charge in [-0.1, -0.05) is 28.1 Å². The van der Waals surface area contributed by atoms with Crippen molar-refractivity contribution < 1.29 is 9.53 Å². The topological polar surface area (TPSA) is 29.5 Å². The molecule has 2 rings (SSSR count). The molecule has 1 heterocycles. The minimum Gasteiger partial charge on any atom is -0.373 e. The minimum atomic E-state index is 0.0670. The summed E-state index contributed by atoms with van der Waals surface area (Å²) in [6.45, 7) is 5.23. The molecule has 0 aliphatic carbocycles. The normalized spacial score (nSPS) is 23.5. The Morgan fingerprint density at radius 2 is 2.26 bits per heavy atom. The Kier molecular flexibility index (Phi) is 5.03. The number of carbonyl (C=O) groups excluding carboxylic acids is 1. The molecule has 1 saturated heterocycles. The van der Waals surface area contributed by atoms with Gasteiger partial charge < -0.3 is 9.64 Å². The number of ether oxygens (including phenoxy) is 1. The third-order valence-corrected chi connectivity index (χ3v) is 5.14. The summed E-state index contributed by atoms with van der Waals surface area (Å²) >= 11 is 6.93. The van der Waals surface area contributed by atoms with Crippen molar-refractivity contribution >= 4 is 37.8 Å². The first-order chi connectivity index (χ1) is 9.04. The van der Waals surface area contributed by atoms with Gasteiger partial charge in [0.15, 0.2) is 0 Å². The molecular formula is C14H17Br2NO2. The van der Waals surface area contributed by atoms with Gasteiger partial charge in [0.2, 0.25) is 0 Å². The minimum absolute atomic E-state index is 0.0670. The highest BCUT2D eigenvalue weighted by atomic mass is 79.9. The Hall–Kier alpha value is -0.390. The zero-order valence-corrected chi connectivity index (χ0v) is 14.2. The van der Waals surface area contributed by atoms with Crippen molar-refractivity contribution in [3.05, 3.63) is 33.8 Å². The molecule has 1 fully saturated rings. The van der Waals surface area contributed by atoms with Gasteiger partial charge in [-0.2, -0.15) is 0 Å². The third kappa shape index (κ3) is 3.20. The Morgan fingerprint density at radius 3 is 2.95 bits per heavy atom. The summed E-state index contributed by atoms with van der Waals surface area (Å²) in [5.74, 6) is 0.0670. The molecule has 1 aromatic carbocycles. The molecule has 104 valence electrons. The number of amides is 1. The van der Waals surface area contributed by atoms with Gasteiger partial charge in [-0.25, -0.2) is 0 Å². The first kappa shape index (κ1) is 15.0. The van der Waals surface area contributed by atoms with Gasteiger partial charge in [0.05, 0.1) is 24.3 Å². The van der Waals surface area contributed by atoms with Crippen LogP contribution >= 0.6 is 31.9 Å². The number of rotatable bonds is 2. The lowest BCUT2D eigenvalue weighted by atomic mass is 10.1. The lowest BCUT2D eigenvalue weighted by Crippen LogP contribution is -2.51. The van der Waals surface area contributed by atoms with Crippen molar-refractivity contribution in [2.45, 2.75) is 26.0 Å². The molecule has 0 radical (unpaired) electrons. The van der Waals surface area contributed by atoms with Crippen LogP contribution in [0.15, 0.2) is 22.7 Å². The Bertz CT molecular complexity index is 479. The average molecular weight is 391 g/mol. The molecule has 19 heavy (non-hydrogen) atoms. The number of benzene rings is 1. The smallest absolute Gasteiger partial charge is 0.255 e. The van der Waals surface area contributed by atoms with Crippen molar-refractivity contribution in [1.29, 1.82) is 0 Å². The van der Waals surface area contributed by atoms with E-state index in [1.807, 2.05) is 36.9 Å². The molecule has 0 N–H and O–H groups in total. The van der Waals surface area contributed by atoms with Gasteiger partial charge in [-0.3, -0.25) is 4.79 Å². The predicted molar refractivity (Wildman–Crippen MR) is 82.9 cm³/mol. The zero-order chi connectivity index (χ0) is 14.0. The van der Waals surface area contributed by atoms with Crippen LogP contribution in [0.5, 0.6) is 0 Å². The van der Waals surface area contributed by atoms with E-state index >= 15 is 0 Å². The van der Waals surface area contributed by atoms with Gasteiger partial charge in [-0.15, -0.1) is 0 Å². The summed E-state index contributed by atoms with van der Waals surface area (Å²) in [5.41, 5.74) is 1.80. The second-order valence-corrected chi connectivity index (χ2v) is 6.29. The van der Waals surface area contributed by atoms with Crippen LogP contribution in [0.25, 0.3) is 0 Å². The van der Waals surface area contributed by atoms with Crippen molar-refractivity contribution in [1.82, 2.24) is 4.90 Å². The van der Waals surface area contributed by atoms with Gasteiger partial charge >= 0.3 is 0 Å². The van der Waals surface area contributed by atoms with Crippen LogP contribution in [0.2, 0.25) is 0 Å². The van der Waals surface area contributed by atoms with E-state index < -0.39 is 0 Å². The van der Waals surface area contributed by atoms with Crippen LogP contribution in [0.4, 0.5) is 0 Å². The van der Waals surface area contributed by atoms with E-state index in [1.165, 1.54) is 0 Å². The number of carbonyl (C=O) groups is 1. The molecular weight excluding hydrogens is 374 g/mol. The summed E-state index contributed by atoms with van der Waals surface area (Å²) in [7, 11) is 0. The molecule has 0 saturated carbocycles. The van der Waals surface area contributed by atoms with Crippen LogP contribution < -0.4 is 0 Å². The molecule has 0 aromatic heterocycles. The summed E-state index contributed by atoms with van der Waals surface area (Å²) in [6.07, 6.45) is 0.0729. The lowest BCUT2D eigenvalue weighted by molar-refractivity contribution is -0.0361. The number of nitrogens with zero attached hydrogens (tertiary/aromatic N) is 1. The average Bonchev–Trinajstić information content (AvgIpc) is 2.42. The molecule has 2 unspecified atom stereocenters. The maximum atomic E-state index is 12.7. The largest absolute Gasteiger partial charge is 0.373 e. The molecule has 0 bridgehead atoms. The van der Waals surface area contributed by atoms with Crippen LogP contribution in [0.1, 0.15) is 22.8 Å². The second-order valence-electron chi connectivity index (χ2n) is 4.85. The van der Waals surface area contributed by atoms with E-state index in [0.717, 1.165) is 20.9 Å². The Morgan fingerprint density at radius 1 is 1.53 bits per heavy atom. The first-order valence-corrected chi connectivity index (χ1v) is 8.19. The van der Waals surface area contributed by atoms with E-state index in [9.17, 15) is 4.79 Å². The molecule has 1 aliphatic heterocycles. The van der Waals surface area contributed by atoms with Gasteiger partial charge in [0.1, 0.15) is 0 Å². The summed E-state index contributed by atoms with van der Waals surface area (Å²) in [5, 5.41) is 0.748.